The highest BCUT2D eigenvalue weighted by molar-refractivity contribution is 5.85. The van der Waals surface area contributed by atoms with Gasteiger partial charge in [-0.05, 0) is 37.8 Å². The Balaban J connectivity index is 2.02. The summed E-state index contributed by atoms with van der Waals surface area (Å²) in [5.74, 6) is 0.218. The van der Waals surface area contributed by atoms with E-state index >= 15 is 0 Å². The Morgan fingerprint density at radius 1 is 1.47 bits per heavy atom. The van der Waals surface area contributed by atoms with E-state index in [9.17, 15) is 4.79 Å². The summed E-state index contributed by atoms with van der Waals surface area (Å²) in [7, 11) is 1.92. The summed E-state index contributed by atoms with van der Waals surface area (Å²) >= 11 is 0. The van der Waals surface area contributed by atoms with E-state index in [-0.39, 0.29) is 11.9 Å². The number of rotatable bonds is 4. The highest BCUT2D eigenvalue weighted by atomic mass is 16.2. The SMILES string of the molecule is CCCC(C)N(C)C(=O)C1CCc2ccccc2N1. The molecule has 104 valence electrons. The summed E-state index contributed by atoms with van der Waals surface area (Å²) in [6.07, 6.45) is 4.04. The number of aryl methyl sites for hydroxylation is 1. The van der Waals surface area contributed by atoms with Gasteiger partial charge >= 0.3 is 0 Å². The largest absolute Gasteiger partial charge is 0.373 e. The molecule has 0 radical (unpaired) electrons. The predicted molar refractivity (Wildman–Crippen MR) is 79.3 cm³/mol. The monoisotopic (exact) mass is 260 g/mol. The molecule has 1 aliphatic rings. The van der Waals surface area contributed by atoms with Gasteiger partial charge in [-0.3, -0.25) is 4.79 Å². The van der Waals surface area contributed by atoms with Crippen LogP contribution in [0.5, 0.6) is 0 Å². The fraction of sp³-hybridized carbons (Fsp3) is 0.562. The van der Waals surface area contributed by atoms with Gasteiger partial charge in [0.2, 0.25) is 5.91 Å². The van der Waals surface area contributed by atoms with Crippen molar-refractivity contribution in [2.24, 2.45) is 0 Å². The third-order valence-corrected chi connectivity index (χ3v) is 4.06. The number of fused-ring (bicyclic) bond motifs is 1. The van der Waals surface area contributed by atoms with Crippen molar-refractivity contribution < 1.29 is 4.79 Å². The van der Waals surface area contributed by atoms with E-state index < -0.39 is 0 Å². The van der Waals surface area contributed by atoms with Crippen LogP contribution in [0.25, 0.3) is 0 Å². The molecule has 1 amide bonds. The van der Waals surface area contributed by atoms with Gasteiger partial charge in [0, 0.05) is 18.8 Å². The molecule has 0 saturated heterocycles. The molecule has 1 heterocycles. The van der Waals surface area contributed by atoms with Crippen LogP contribution in [0.2, 0.25) is 0 Å². The number of nitrogens with one attached hydrogen (secondary N) is 1. The van der Waals surface area contributed by atoms with Crippen molar-refractivity contribution in [2.45, 2.75) is 51.6 Å². The van der Waals surface area contributed by atoms with Crippen molar-refractivity contribution in [2.75, 3.05) is 12.4 Å². The summed E-state index contributed by atoms with van der Waals surface area (Å²) in [6, 6.07) is 8.51. The molecule has 3 heteroatoms. The average Bonchev–Trinajstić information content (AvgIpc) is 2.45. The number of nitrogens with zero attached hydrogens (tertiary/aromatic N) is 1. The second kappa shape index (κ2) is 6.09. The molecule has 0 aromatic heterocycles. The summed E-state index contributed by atoms with van der Waals surface area (Å²) in [5.41, 5.74) is 2.43. The molecule has 0 spiro atoms. The second-order valence-electron chi connectivity index (χ2n) is 5.48. The number of hydrogen-bond acceptors (Lipinski definition) is 2. The zero-order chi connectivity index (χ0) is 13.8. The smallest absolute Gasteiger partial charge is 0.245 e. The van der Waals surface area contributed by atoms with Gasteiger partial charge in [-0.25, -0.2) is 0 Å². The number of benzene rings is 1. The molecule has 19 heavy (non-hydrogen) atoms. The molecule has 2 rings (SSSR count). The highest BCUT2D eigenvalue weighted by Crippen LogP contribution is 2.25. The van der Waals surface area contributed by atoms with Crippen LogP contribution >= 0.6 is 0 Å². The van der Waals surface area contributed by atoms with Crippen LogP contribution in [-0.2, 0) is 11.2 Å². The van der Waals surface area contributed by atoms with Crippen molar-refractivity contribution in [1.29, 1.82) is 0 Å². The number of hydrogen-bond donors (Lipinski definition) is 1. The molecule has 3 nitrogen and oxygen atoms in total. The van der Waals surface area contributed by atoms with Crippen LogP contribution < -0.4 is 5.32 Å². The number of likely N-dealkylation sites (N-methyl/N-ethyl adjacent to an activating group) is 1. The molecule has 0 fully saturated rings. The lowest BCUT2D eigenvalue weighted by Gasteiger charge is -2.32. The van der Waals surface area contributed by atoms with Crippen molar-refractivity contribution in [3.05, 3.63) is 29.8 Å². The van der Waals surface area contributed by atoms with Gasteiger partial charge in [0.25, 0.3) is 0 Å². The summed E-state index contributed by atoms with van der Waals surface area (Å²) in [4.78, 5) is 14.4. The lowest BCUT2D eigenvalue weighted by molar-refractivity contribution is -0.132. The second-order valence-corrected chi connectivity index (χ2v) is 5.48. The lowest BCUT2D eigenvalue weighted by atomic mass is 9.97. The normalized spacial score (nSPS) is 19.2. The Bertz CT molecular complexity index is 444. The molecule has 2 unspecified atom stereocenters. The van der Waals surface area contributed by atoms with Crippen LogP contribution in [0.4, 0.5) is 5.69 Å². The Morgan fingerprint density at radius 2 is 2.21 bits per heavy atom. The molecule has 1 N–H and O–H groups in total. The van der Waals surface area contributed by atoms with E-state index in [1.165, 1.54) is 5.56 Å². The molecular weight excluding hydrogens is 236 g/mol. The van der Waals surface area contributed by atoms with Crippen molar-refractivity contribution in [3.8, 4) is 0 Å². The number of carbonyl (C=O) groups excluding carboxylic acids is 1. The molecule has 0 bridgehead atoms. The van der Waals surface area contributed by atoms with Crippen LogP contribution in [0.1, 0.15) is 38.7 Å². The lowest BCUT2D eigenvalue weighted by Crippen LogP contribution is -2.46. The molecule has 1 aliphatic heterocycles. The minimum atomic E-state index is -0.0702. The van der Waals surface area contributed by atoms with Gasteiger partial charge in [-0.1, -0.05) is 31.5 Å². The number of para-hydroxylation sites is 1. The predicted octanol–water partition coefficient (Wildman–Crippen LogP) is 3.06. The van der Waals surface area contributed by atoms with Gasteiger partial charge in [-0.2, -0.15) is 0 Å². The van der Waals surface area contributed by atoms with E-state index in [4.69, 9.17) is 0 Å². The first-order valence-corrected chi connectivity index (χ1v) is 7.24. The zero-order valence-corrected chi connectivity index (χ0v) is 12.1. The first-order valence-electron chi connectivity index (χ1n) is 7.24. The molecule has 0 aliphatic carbocycles. The topological polar surface area (TPSA) is 32.3 Å². The van der Waals surface area contributed by atoms with E-state index in [1.807, 2.05) is 18.0 Å². The van der Waals surface area contributed by atoms with Crippen molar-refractivity contribution in [3.63, 3.8) is 0 Å². The molecule has 2 atom stereocenters. The number of amides is 1. The van der Waals surface area contributed by atoms with Gasteiger partial charge in [0.05, 0.1) is 0 Å². The Labute approximate surface area is 116 Å². The van der Waals surface area contributed by atoms with E-state index in [1.54, 1.807) is 0 Å². The molecule has 0 saturated carbocycles. The first-order chi connectivity index (χ1) is 9.13. The van der Waals surface area contributed by atoms with Crippen LogP contribution in [0.15, 0.2) is 24.3 Å². The van der Waals surface area contributed by atoms with Crippen molar-refractivity contribution in [1.82, 2.24) is 4.90 Å². The van der Waals surface area contributed by atoms with Crippen LogP contribution in [-0.4, -0.2) is 29.9 Å². The van der Waals surface area contributed by atoms with Gasteiger partial charge in [-0.15, -0.1) is 0 Å². The maximum atomic E-state index is 12.5. The third kappa shape index (κ3) is 3.09. The quantitative estimate of drug-likeness (QED) is 0.902. The maximum Gasteiger partial charge on any atom is 0.245 e. The Hall–Kier alpha value is -1.51. The number of anilines is 1. The number of carbonyl (C=O) groups is 1. The minimum Gasteiger partial charge on any atom is -0.373 e. The fourth-order valence-corrected chi connectivity index (χ4v) is 2.70. The zero-order valence-electron chi connectivity index (χ0n) is 12.1. The first kappa shape index (κ1) is 13.9. The Kier molecular flexibility index (Phi) is 4.46. The standard InChI is InChI=1S/C16H24N2O/c1-4-7-12(2)18(3)16(19)15-11-10-13-8-5-6-9-14(13)17-15/h5-6,8-9,12,15,17H,4,7,10-11H2,1-3H3. The van der Waals surface area contributed by atoms with Gasteiger partial charge in [0.15, 0.2) is 0 Å². The Morgan fingerprint density at radius 3 is 2.95 bits per heavy atom. The maximum absolute atomic E-state index is 12.5. The average molecular weight is 260 g/mol. The van der Waals surface area contributed by atoms with E-state index in [0.29, 0.717) is 6.04 Å². The molecule has 1 aromatic carbocycles. The summed E-state index contributed by atoms with van der Waals surface area (Å²) in [6.45, 7) is 4.28. The van der Waals surface area contributed by atoms with Crippen molar-refractivity contribution >= 4 is 11.6 Å². The van der Waals surface area contributed by atoms with Crippen LogP contribution in [0.3, 0.4) is 0 Å². The minimum absolute atomic E-state index is 0.0702. The summed E-state index contributed by atoms with van der Waals surface area (Å²) in [5, 5.41) is 3.38. The highest BCUT2D eigenvalue weighted by Gasteiger charge is 2.27. The molecule has 1 aromatic rings. The van der Waals surface area contributed by atoms with E-state index in [2.05, 4.69) is 37.4 Å². The van der Waals surface area contributed by atoms with Gasteiger partial charge < -0.3 is 10.2 Å². The van der Waals surface area contributed by atoms with Gasteiger partial charge in [0.1, 0.15) is 6.04 Å². The fourth-order valence-electron chi connectivity index (χ4n) is 2.70. The van der Waals surface area contributed by atoms with Crippen LogP contribution in [0, 0.1) is 0 Å². The van der Waals surface area contributed by atoms with E-state index in [0.717, 1.165) is 31.4 Å². The molecular formula is C16H24N2O. The summed E-state index contributed by atoms with van der Waals surface area (Å²) < 4.78 is 0. The third-order valence-electron chi connectivity index (χ3n) is 4.06.